The van der Waals surface area contributed by atoms with E-state index in [0.29, 0.717) is 18.9 Å². The van der Waals surface area contributed by atoms with Gasteiger partial charge in [0.1, 0.15) is 0 Å². The van der Waals surface area contributed by atoms with E-state index in [1.54, 1.807) is 0 Å². The Bertz CT molecular complexity index is 503. The number of aliphatic carboxylic acids is 1. The van der Waals surface area contributed by atoms with Gasteiger partial charge < -0.3 is 15.2 Å². The normalized spacial score (nSPS) is 14.5. The molecule has 1 rings (SSSR count). The molecule has 3 unspecified atom stereocenters. The molecular formula is C19H29NO4. The first-order valence-corrected chi connectivity index (χ1v) is 8.63. The van der Waals surface area contributed by atoms with Gasteiger partial charge in [-0.05, 0) is 36.7 Å². The van der Waals surface area contributed by atoms with Crippen LogP contribution in [0.4, 0.5) is 4.79 Å². The van der Waals surface area contributed by atoms with Crippen molar-refractivity contribution >= 4 is 12.1 Å². The summed E-state index contributed by atoms with van der Waals surface area (Å²) in [5.74, 6) is -0.612. The second-order valence-corrected chi connectivity index (χ2v) is 6.49. The fourth-order valence-corrected chi connectivity index (χ4v) is 2.31. The molecule has 1 aromatic rings. The van der Waals surface area contributed by atoms with E-state index in [0.717, 1.165) is 19.3 Å². The molecule has 0 fully saturated rings. The fourth-order valence-electron chi connectivity index (χ4n) is 2.31. The van der Waals surface area contributed by atoms with Crippen LogP contribution in [0, 0.1) is 11.8 Å². The van der Waals surface area contributed by atoms with Crippen LogP contribution in [-0.4, -0.2) is 29.8 Å². The number of carbonyl (C=O) groups is 2. The summed E-state index contributed by atoms with van der Waals surface area (Å²) in [5.41, 5.74) is 1.23. The van der Waals surface area contributed by atoms with Gasteiger partial charge in [-0.1, -0.05) is 57.5 Å². The molecule has 0 radical (unpaired) electrons. The van der Waals surface area contributed by atoms with Crippen molar-refractivity contribution in [2.24, 2.45) is 11.8 Å². The number of carboxylic acid groups (broad SMARTS) is 1. The van der Waals surface area contributed by atoms with Gasteiger partial charge in [0.05, 0.1) is 0 Å². The molecule has 5 heteroatoms. The van der Waals surface area contributed by atoms with Gasteiger partial charge in [0.15, 0.2) is 0 Å². The maximum absolute atomic E-state index is 11.7. The monoisotopic (exact) mass is 335 g/mol. The van der Waals surface area contributed by atoms with Crippen LogP contribution in [0.15, 0.2) is 30.3 Å². The van der Waals surface area contributed by atoms with Crippen molar-refractivity contribution in [3.05, 3.63) is 35.9 Å². The Morgan fingerprint density at radius 3 is 2.42 bits per heavy atom. The molecule has 24 heavy (non-hydrogen) atoms. The summed E-state index contributed by atoms with van der Waals surface area (Å²) in [6, 6.07) is 10.1. The van der Waals surface area contributed by atoms with E-state index in [-0.39, 0.29) is 5.92 Å². The van der Waals surface area contributed by atoms with Crippen LogP contribution in [0.1, 0.15) is 45.6 Å². The topological polar surface area (TPSA) is 75.6 Å². The zero-order valence-corrected chi connectivity index (χ0v) is 14.8. The number of benzene rings is 1. The van der Waals surface area contributed by atoms with Gasteiger partial charge in [0.25, 0.3) is 0 Å². The minimum absolute atomic E-state index is 0.147. The number of rotatable bonds is 10. The smallest absolute Gasteiger partial charge is 0.407 e. The molecule has 0 aromatic heterocycles. The molecule has 134 valence electrons. The van der Waals surface area contributed by atoms with Crippen molar-refractivity contribution in [3.63, 3.8) is 0 Å². The zero-order valence-electron chi connectivity index (χ0n) is 14.8. The highest BCUT2D eigenvalue weighted by Crippen LogP contribution is 2.17. The molecule has 0 saturated carbocycles. The molecule has 0 spiro atoms. The molecule has 0 saturated heterocycles. The number of hydrogen-bond donors (Lipinski definition) is 2. The molecule has 2 N–H and O–H groups in total. The fraction of sp³-hybridized carbons (Fsp3) is 0.579. The Balaban J connectivity index is 2.41. The Kier molecular flexibility index (Phi) is 8.90. The summed E-state index contributed by atoms with van der Waals surface area (Å²) in [6.07, 6.45) is 1.24. The second kappa shape index (κ2) is 10.7. The van der Waals surface area contributed by atoms with E-state index < -0.39 is 18.2 Å². The highest BCUT2D eigenvalue weighted by molar-refractivity contribution is 5.77. The molecule has 0 heterocycles. The summed E-state index contributed by atoms with van der Waals surface area (Å²) >= 11 is 0. The van der Waals surface area contributed by atoms with Gasteiger partial charge in [-0.15, -0.1) is 0 Å². The van der Waals surface area contributed by atoms with E-state index in [1.807, 2.05) is 39.0 Å². The van der Waals surface area contributed by atoms with Gasteiger partial charge in [-0.3, -0.25) is 0 Å². The number of amides is 1. The average molecular weight is 335 g/mol. The van der Waals surface area contributed by atoms with Crippen LogP contribution < -0.4 is 5.32 Å². The van der Waals surface area contributed by atoms with E-state index in [9.17, 15) is 14.7 Å². The quantitative estimate of drug-likeness (QED) is 0.680. The van der Waals surface area contributed by atoms with Crippen LogP contribution in [0.2, 0.25) is 0 Å². The summed E-state index contributed by atoms with van der Waals surface area (Å²) in [5, 5.41) is 11.9. The predicted molar refractivity (Wildman–Crippen MR) is 93.9 cm³/mol. The lowest BCUT2D eigenvalue weighted by Gasteiger charge is -2.19. The van der Waals surface area contributed by atoms with Gasteiger partial charge in [0.2, 0.25) is 6.10 Å². The van der Waals surface area contributed by atoms with Crippen LogP contribution >= 0.6 is 0 Å². The van der Waals surface area contributed by atoms with Crippen molar-refractivity contribution < 1.29 is 19.4 Å². The first-order valence-electron chi connectivity index (χ1n) is 8.63. The number of hydrogen-bond acceptors (Lipinski definition) is 3. The molecule has 0 aliphatic carbocycles. The Labute approximate surface area is 144 Å². The molecule has 1 aromatic carbocycles. The number of aryl methyl sites for hydroxylation is 1. The van der Waals surface area contributed by atoms with Crippen LogP contribution in [0.25, 0.3) is 0 Å². The van der Waals surface area contributed by atoms with Crippen molar-refractivity contribution in [2.75, 3.05) is 6.54 Å². The molecule has 0 aliphatic heterocycles. The third-order valence-corrected chi connectivity index (χ3v) is 4.20. The van der Waals surface area contributed by atoms with Gasteiger partial charge >= 0.3 is 12.1 Å². The Morgan fingerprint density at radius 2 is 1.83 bits per heavy atom. The molecule has 5 nitrogen and oxygen atoms in total. The summed E-state index contributed by atoms with van der Waals surface area (Å²) in [4.78, 5) is 23.1. The zero-order chi connectivity index (χ0) is 17.9. The lowest BCUT2D eigenvalue weighted by Crippen LogP contribution is -2.36. The minimum atomic E-state index is -1.10. The van der Waals surface area contributed by atoms with Crippen LogP contribution in [-0.2, 0) is 16.0 Å². The van der Waals surface area contributed by atoms with Crippen LogP contribution in [0.5, 0.6) is 0 Å². The largest absolute Gasteiger partial charge is 0.479 e. The highest BCUT2D eigenvalue weighted by atomic mass is 16.6. The number of carbonyl (C=O) groups excluding carboxylic acids is 1. The molecule has 1 amide bonds. The Morgan fingerprint density at radius 1 is 1.17 bits per heavy atom. The van der Waals surface area contributed by atoms with Gasteiger partial charge in [-0.25, -0.2) is 9.59 Å². The SMILES string of the molecule is CCC(C)CNC(=O)OC(CC(C)CCc1ccccc1)C(=O)O. The predicted octanol–water partition coefficient (Wildman–Crippen LogP) is 3.87. The number of ether oxygens (including phenoxy) is 1. The highest BCUT2D eigenvalue weighted by Gasteiger charge is 2.24. The van der Waals surface area contributed by atoms with E-state index in [2.05, 4.69) is 17.4 Å². The minimum Gasteiger partial charge on any atom is -0.479 e. The van der Waals surface area contributed by atoms with Gasteiger partial charge in [0, 0.05) is 6.54 Å². The summed E-state index contributed by atoms with van der Waals surface area (Å²) in [6.45, 7) is 6.53. The summed E-state index contributed by atoms with van der Waals surface area (Å²) < 4.78 is 5.08. The van der Waals surface area contributed by atoms with Crippen molar-refractivity contribution in [3.8, 4) is 0 Å². The maximum atomic E-state index is 11.7. The van der Waals surface area contributed by atoms with E-state index >= 15 is 0 Å². The lowest BCUT2D eigenvalue weighted by molar-refractivity contribution is -0.147. The molecule has 0 aliphatic rings. The summed E-state index contributed by atoms with van der Waals surface area (Å²) in [7, 11) is 0. The molecular weight excluding hydrogens is 306 g/mol. The van der Waals surface area contributed by atoms with Gasteiger partial charge in [-0.2, -0.15) is 0 Å². The molecule has 3 atom stereocenters. The van der Waals surface area contributed by atoms with Crippen LogP contribution in [0.3, 0.4) is 0 Å². The number of carboxylic acids is 1. The molecule has 0 bridgehead atoms. The maximum Gasteiger partial charge on any atom is 0.407 e. The number of alkyl carbamates (subject to hydrolysis) is 1. The number of nitrogens with one attached hydrogen (secondary N) is 1. The standard InChI is InChI=1S/C19H29NO4/c1-4-14(2)13-20-19(23)24-17(18(21)22)12-15(3)10-11-16-8-6-5-7-9-16/h5-9,14-15,17H,4,10-13H2,1-3H3,(H,20,23)(H,21,22). The first-order chi connectivity index (χ1) is 11.4. The first kappa shape index (κ1) is 20.0. The van der Waals surface area contributed by atoms with Crippen molar-refractivity contribution in [1.29, 1.82) is 0 Å². The van der Waals surface area contributed by atoms with E-state index in [1.165, 1.54) is 5.56 Å². The third-order valence-electron chi connectivity index (χ3n) is 4.20. The third kappa shape index (κ3) is 7.99. The van der Waals surface area contributed by atoms with Crippen molar-refractivity contribution in [2.45, 2.75) is 52.6 Å². The van der Waals surface area contributed by atoms with Crippen molar-refractivity contribution in [1.82, 2.24) is 5.32 Å². The van der Waals surface area contributed by atoms with E-state index in [4.69, 9.17) is 4.74 Å². The second-order valence-electron chi connectivity index (χ2n) is 6.49. The Hall–Kier alpha value is -2.04. The average Bonchev–Trinajstić information content (AvgIpc) is 2.58. The lowest BCUT2D eigenvalue weighted by atomic mass is 9.95.